The molecular formula is C18H39NO. The van der Waals surface area contributed by atoms with E-state index in [4.69, 9.17) is 0 Å². The van der Waals surface area contributed by atoms with Crippen molar-refractivity contribution in [1.82, 2.24) is 4.90 Å². The molecule has 2 heteroatoms. The van der Waals surface area contributed by atoms with Crippen molar-refractivity contribution >= 4 is 0 Å². The van der Waals surface area contributed by atoms with Crippen molar-refractivity contribution in [2.75, 3.05) is 19.6 Å². The standard InChI is InChI=1S/C18H39NO/c1-4-7-8-9-10-11-12-13-14-15-16-18(20)17-19(5-2)6-3/h18,20H,4-17H2,1-3H3. The fourth-order valence-corrected chi connectivity index (χ4v) is 2.74. The highest BCUT2D eigenvalue weighted by molar-refractivity contribution is 4.62. The summed E-state index contributed by atoms with van der Waals surface area (Å²) in [7, 11) is 0. The lowest BCUT2D eigenvalue weighted by Gasteiger charge is -2.21. The monoisotopic (exact) mass is 285 g/mol. The topological polar surface area (TPSA) is 23.5 Å². The molecule has 0 aliphatic carbocycles. The van der Waals surface area contributed by atoms with Crippen LogP contribution in [0.4, 0.5) is 0 Å². The summed E-state index contributed by atoms with van der Waals surface area (Å²) in [6, 6.07) is 0. The molecule has 0 radical (unpaired) electrons. The van der Waals surface area contributed by atoms with Crippen LogP contribution in [0.15, 0.2) is 0 Å². The Labute approximate surface area is 127 Å². The molecule has 0 fully saturated rings. The Balaban J connectivity index is 3.22. The van der Waals surface area contributed by atoms with Crippen LogP contribution in [-0.4, -0.2) is 35.7 Å². The summed E-state index contributed by atoms with van der Waals surface area (Å²) >= 11 is 0. The third-order valence-corrected chi connectivity index (χ3v) is 4.25. The lowest BCUT2D eigenvalue weighted by atomic mass is 10.0. The summed E-state index contributed by atoms with van der Waals surface area (Å²) in [6.07, 6.45) is 14.5. The molecule has 0 amide bonds. The number of aliphatic hydroxyl groups is 1. The van der Waals surface area contributed by atoms with E-state index in [1.54, 1.807) is 0 Å². The smallest absolute Gasteiger partial charge is 0.0667 e. The Hall–Kier alpha value is -0.0800. The van der Waals surface area contributed by atoms with E-state index in [1.807, 2.05) is 0 Å². The summed E-state index contributed by atoms with van der Waals surface area (Å²) in [6.45, 7) is 9.55. The predicted octanol–water partition coefficient (Wildman–Crippen LogP) is 5.00. The van der Waals surface area contributed by atoms with E-state index < -0.39 is 0 Å². The summed E-state index contributed by atoms with van der Waals surface area (Å²) in [5.41, 5.74) is 0. The first kappa shape index (κ1) is 19.9. The van der Waals surface area contributed by atoms with Crippen LogP contribution < -0.4 is 0 Å². The molecule has 0 aliphatic heterocycles. The first-order valence-corrected chi connectivity index (χ1v) is 9.14. The van der Waals surface area contributed by atoms with E-state index in [1.165, 1.54) is 64.2 Å². The Morgan fingerprint density at radius 2 is 1.15 bits per heavy atom. The number of unbranched alkanes of at least 4 members (excludes halogenated alkanes) is 9. The van der Waals surface area contributed by atoms with Crippen LogP contribution in [0.3, 0.4) is 0 Å². The summed E-state index contributed by atoms with van der Waals surface area (Å²) in [5.74, 6) is 0. The van der Waals surface area contributed by atoms with Gasteiger partial charge in [0.25, 0.3) is 0 Å². The maximum absolute atomic E-state index is 9.96. The van der Waals surface area contributed by atoms with Crippen LogP contribution in [0.1, 0.15) is 91.4 Å². The second-order valence-corrected chi connectivity index (χ2v) is 6.11. The molecular weight excluding hydrogens is 246 g/mol. The van der Waals surface area contributed by atoms with E-state index in [0.717, 1.165) is 26.1 Å². The maximum Gasteiger partial charge on any atom is 0.0667 e. The minimum atomic E-state index is -0.121. The maximum atomic E-state index is 9.96. The van der Waals surface area contributed by atoms with Crippen molar-refractivity contribution in [1.29, 1.82) is 0 Å². The van der Waals surface area contributed by atoms with E-state index in [9.17, 15) is 5.11 Å². The predicted molar refractivity (Wildman–Crippen MR) is 90.3 cm³/mol. The molecule has 1 N–H and O–H groups in total. The van der Waals surface area contributed by atoms with Gasteiger partial charge in [0.1, 0.15) is 0 Å². The molecule has 2 nitrogen and oxygen atoms in total. The molecule has 0 saturated heterocycles. The fraction of sp³-hybridized carbons (Fsp3) is 1.00. The molecule has 0 heterocycles. The van der Waals surface area contributed by atoms with E-state index in [0.29, 0.717) is 0 Å². The number of aliphatic hydroxyl groups excluding tert-OH is 1. The summed E-state index contributed by atoms with van der Waals surface area (Å²) in [5, 5.41) is 9.96. The highest BCUT2D eigenvalue weighted by atomic mass is 16.3. The fourth-order valence-electron chi connectivity index (χ4n) is 2.74. The third-order valence-electron chi connectivity index (χ3n) is 4.25. The van der Waals surface area contributed by atoms with Crippen LogP contribution in [0.25, 0.3) is 0 Å². The molecule has 1 unspecified atom stereocenters. The van der Waals surface area contributed by atoms with Gasteiger partial charge in [-0.15, -0.1) is 0 Å². The van der Waals surface area contributed by atoms with Crippen LogP contribution in [-0.2, 0) is 0 Å². The zero-order valence-electron chi connectivity index (χ0n) is 14.4. The van der Waals surface area contributed by atoms with Crippen LogP contribution >= 0.6 is 0 Å². The van der Waals surface area contributed by atoms with Crippen molar-refractivity contribution in [3.8, 4) is 0 Å². The Kier molecular flexibility index (Phi) is 15.3. The number of hydrogen-bond donors (Lipinski definition) is 1. The van der Waals surface area contributed by atoms with Gasteiger partial charge < -0.3 is 10.0 Å². The van der Waals surface area contributed by atoms with Crippen LogP contribution in [0.2, 0.25) is 0 Å². The summed E-state index contributed by atoms with van der Waals surface area (Å²) in [4.78, 5) is 2.31. The average molecular weight is 286 g/mol. The lowest BCUT2D eigenvalue weighted by molar-refractivity contribution is 0.108. The third kappa shape index (κ3) is 12.9. The molecule has 0 aromatic carbocycles. The van der Waals surface area contributed by atoms with Crippen molar-refractivity contribution in [2.45, 2.75) is 97.5 Å². The van der Waals surface area contributed by atoms with Gasteiger partial charge in [0.05, 0.1) is 6.10 Å². The molecule has 0 saturated carbocycles. The number of likely N-dealkylation sites (N-methyl/N-ethyl adjacent to an activating group) is 1. The van der Waals surface area contributed by atoms with Crippen molar-refractivity contribution in [3.05, 3.63) is 0 Å². The molecule has 0 aromatic rings. The molecule has 0 aromatic heterocycles. The SMILES string of the molecule is CCCCCCCCCCCCC(O)CN(CC)CC. The molecule has 20 heavy (non-hydrogen) atoms. The molecule has 0 aliphatic rings. The van der Waals surface area contributed by atoms with Crippen molar-refractivity contribution in [3.63, 3.8) is 0 Å². The normalized spacial score (nSPS) is 13.1. The van der Waals surface area contributed by atoms with Gasteiger partial charge in [-0.25, -0.2) is 0 Å². The number of rotatable bonds is 15. The van der Waals surface area contributed by atoms with E-state index >= 15 is 0 Å². The molecule has 0 bridgehead atoms. The largest absolute Gasteiger partial charge is 0.392 e. The zero-order chi connectivity index (χ0) is 15.1. The van der Waals surface area contributed by atoms with Gasteiger partial charge in [-0.1, -0.05) is 85.0 Å². The lowest BCUT2D eigenvalue weighted by Crippen LogP contribution is -2.32. The quantitative estimate of drug-likeness (QED) is 0.428. The van der Waals surface area contributed by atoms with E-state index in [2.05, 4.69) is 25.7 Å². The second-order valence-electron chi connectivity index (χ2n) is 6.11. The minimum Gasteiger partial charge on any atom is -0.392 e. The van der Waals surface area contributed by atoms with Gasteiger partial charge in [-0.2, -0.15) is 0 Å². The summed E-state index contributed by atoms with van der Waals surface area (Å²) < 4.78 is 0. The zero-order valence-corrected chi connectivity index (χ0v) is 14.4. The first-order valence-electron chi connectivity index (χ1n) is 9.14. The number of hydrogen-bond acceptors (Lipinski definition) is 2. The van der Waals surface area contributed by atoms with Gasteiger partial charge in [0.2, 0.25) is 0 Å². The number of nitrogens with zero attached hydrogens (tertiary/aromatic N) is 1. The highest BCUT2D eigenvalue weighted by Crippen LogP contribution is 2.12. The van der Waals surface area contributed by atoms with Gasteiger partial charge in [-0.3, -0.25) is 0 Å². The van der Waals surface area contributed by atoms with Gasteiger partial charge in [0, 0.05) is 6.54 Å². The Morgan fingerprint density at radius 3 is 1.60 bits per heavy atom. The average Bonchev–Trinajstić information content (AvgIpc) is 2.46. The molecule has 1 atom stereocenters. The Bertz CT molecular complexity index is 180. The van der Waals surface area contributed by atoms with Crippen LogP contribution in [0, 0.1) is 0 Å². The first-order chi connectivity index (χ1) is 9.74. The van der Waals surface area contributed by atoms with Gasteiger partial charge >= 0.3 is 0 Å². The van der Waals surface area contributed by atoms with E-state index in [-0.39, 0.29) is 6.10 Å². The second kappa shape index (κ2) is 15.3. The highest BCUT2D eigenvalue weighted by Gasteiger charge is 2.08. The van der Waals surface area contributed by atoms with Gasteiger partial charge in [-0.05, 0) is 19.5 Å². The van der Waals surface area contributed by atoms with Crippen LogP contribution in [0.5, 0.6) is 0 Å². The van der Waals surface area contributed by atoms with Crippen molar-refractivity contribution in [2.24, 2.45) is 0 Å². The Morgan fingerprint density at radius 1 is 0.700 bits per heavy atom. The van der Waals surface area contributed by atoms with Gasteiger partial charge in [0.15, 0.2) is 0 Å². The molecule has 0 rings (SSSR count). The van der Waals surface area contributed by atoms with Crippen molar-refractivity contribution < 1.29 is 5.11 Å². The molecule has 0 spiro atoms. The minimum absolute atomic E-state index is 0.121. The molecule has 122 valence electrons.